The van der Waals surface area contributed by atoms with Crippen molar-refractivity contribution in [1.29, 1.82) is 0 Å². The number of rotatable bonds is 15. The van der Waals surface area contributed by atoms with Crippen LogP contribution in [0.4, 0.5) is 5.69 Å². The molecular weight excluding hydrogens is 569 g/mol. The van der Waals surface area contributed by atoms with Gasteiger partial charge >= 0.3 is 0 Å². The molecule has 2 atom stereocenters. The van der Waals surface area contributed by atoms with E-state index < -0.39 is 23.0 Å². The number of aromatic nitrogens is 2. The van der Waals surface area contributed by atoms with Crippen molar-refractivity contribution in [3.05, 3.63) is 55.8 Å². The molecule has 0 radical (unpaired) electrons. The SMILES string of the molecule is CSCCCNC(=O)c1csc(-c2csc(CCNC(=O)[C@@H](NSc3ccccc3[N+](=O)[O-])[C@@H](C)O)n2)n1. The molecule has 0 unspecified atom stereocenters. The number of aliphatic hydroxyl groups is 1. The quantitative estimate of drug-likeness (QED) is 0.0887. The molecule has 2 amide bonds. The zero-order valence-electron chi connectivity index (χ0n) is 20.7. The molecule has 1 aromatic carbocycles. The van der Waals surface area contributed by atoms with Gasteiger partial charge in [0.05, 0.1) is 16.0 Å². The Kier molecular flexibility index (Phi) is 11.9. The Balaban J connectivity index is 1.49. The maximum absolute atomic E-state index is 12.7. The number of nitro benzene ring substituents is 1. The summed E-state index contributed by atoms with van der Waals surface area (Å²) < 4.78 is 2.83. The summed E-state index contributed by atoms with van der Waals surface area (Å²) in [6.45, 7) is 2.36. The van der Waals surface area contributed by atoms with Gasteiger partial charge in [0, 0.05) is 36.3 Å². The van der Waals surface area contributed by atoms with Crippen LogP contribution in [0.2, 0.25) is 0 Å². The Morgan fingerprint density at radius 1 is 1.16 bits per heavy atom. The molecule has 3 rings (SSSR count). The molecule has 0 saturated heterocycles. The van der Waals surface area contributed by atoms with Crippen molar-refractivity contribution in [2.75, 3.05) is 25.1 Å². The minimum atomic E-state index is -1.03. The smallest absolute Gasteiger partial charge is 0.284 e. The maximum Gasteiger partial charge on any atom is 0.284 e. The molecular formula is C23H28N6O5S4. The molecule has 0 aliphatic rings. The van der Waals surface area contributed by atoms with Crippen molar-refractivity contribution in [3.63, 3.8) is 0 Å². The zero-order chi connectivity index (χ0) is 27.5. The second kappa shape index (κ2) is 15.1. The third-order valence-corrected chi connectivity index (χ3v) is 8.49. The Hall–Kier alpha value is -2.56. The summed E-state index contributed by atoms with van der Waals surface area (Å²) in [6.07, 6.45) is 2.36. The van der Waals surface area contributed by atoms with Gasteiger partial charge in [0.1, 0.15) is 27.3 Å². The zero-order valence-corrected chi connectivity index (χ0v) is 24.0. The van der Waals surface area contributed by atoms with Crippen molar-refractivity contribution >= 4 is 63.9 Å². The second-order valence-corrected chi connectivity index (χ2v) is 11.6. The number of nitrogens with one attached hydrogen (secondary N) is 3. The lowest BCUT2D eigenvalue weighted by Crippen LogP contribution is -2.48. The van der Waals surface area contributed by atoms with Crippen LogP contribution < -0.4 is 15.4 Å². The first-order chi connectivity index (χ1) is 18.3. The van der Waals surface area contributed by atoms with Gasteiger partial charge in [-0.3, -0.25) is 19.7 Å². The fourth-order valence-electron chi connectivity index (χ4n) is 3.12. The molecule has 2 heterocycles. The third kappa shape index (κ3) is 8.74. The van der Waals surface area contributed by atoms with Gasteiger partial charge < -0.3 is 15.7 Å². The van der Waals surface area contributed by atoms with Gasteiger partial charge in [-0.1, -0.05) is 12.1 Å². The first-order valence-electron chi connectivity index (χ1n) is 11.6. The Morgan fingerprint density at radius 3 is 2.68 bits per heavy atom. The van der Waals surface area contributed by atoms with Gasteiger partial charge in [0.15, 0.2) is 0 Å². The van der Waals surface area contributed by atoms with E-state index in [4.69, 9.17) is 0 Å². The van der Waals surface area contributed by atoms with Crippen LogP contribution in [-0.2, 0) is 11.2 Å². The fraction of sp³-hybridized carbons (Fsp3) is 0.391. The minimum absolute atomic E-state index is 0.0894. The van der Waals surface area contributed by atoms with Crippen LogP contribution in [0.3, 0.4) is 0 Å². The van der Waals surface area contributed by atoms with Gasteiger partial charge in [-0.2, -0.15) is 11.8 Å². The number of thioether (sulfide) groups is 1. The molecule has 4 N–H and O–H groups in total. The van der Waals surface area contributed by atoms with Gasteiger partial charge in [-0.25, -0.2) is 14.7 Å². The number of nitro groups is 1. The summed E-state index contributed by atoms with van der Waals surface area (Å²) >= 11 is 5.43. The highest BCUT2D eigenvalue weighted by Gasteiger charge is 2.25. The Bertz CT molecular complexity index is 1230. The number of nitrogens with zero attached hydrogens (tertiary/aromatic N) is 3. The predicted molar refractivity (Wildman–Crippen MR) is 153 cm³/mol. The highest BCUT2D eigenvalue weighted by Crippen LogP contribution is 2.27. The van der Waals surface area contributed by atoms with Crippen LogP contribution >= 0.6 is 46.4 Å². The number of thiazole rings is 2. The molecule has 0 spiro atoms. The largest absolute Gasteiger partial charge is 0.391 e. The highest BCUT2D eigenvalue weighted by atomic mass is 32.2. The van der Waals surface area contributed by atoms with E-state index in [0.717, 1.165) is 29.1 Å². The van der Waals surface area contributed by atoms with E-state index in [1.807, 2.05) is 11.6 Å². The molecule has 204 valence electrons. The average molecular weight is 597 g/mol. The minimum Gasteiger partial charge on any atom is -0.391 e. The third-order valence-electron chi connectivity index (χ3n) is 5.08. The van der Waals surface area contributed by atoms with E-state index in [-0.39, 0.29) is 18.1 Å². The van der Waals surface area contributed by atoms with Gasteiger partial charge in [-0.15, -0.1) is 22.7 Å². The summed E-state index contributed by atoms with van der Waals surface area (Å²) in [5.41, 5.74) is 0.951. The van der Waals surface area contributed by atoms with Crippen LogP contribution in [0.25, 0.3) is 10.7 Å². The first-order valence-corrected chi connectivity index (χ1v) is 15.6. The molecule has 0 fully saturated rings. The van der Waals surface area contributed by atoms with E-state index in [1.54, 1.807) is 35.3 Å². The van der Waals surface area contributed by atoms with E-state index in [2.05, 4.69) is 25.3 Å². The summed E-state index contributed by atoms with van der Waals surface area (Å²) in [5.74, 6) is 0.349. The summed E-state index contributed by atoms with van der Waals surface area (Å²) in [6, 6.07) is 5.18. The Labute approximate surface area is 236 Å². The molecule has 2 aromatic heterocycles. The number of para-hydroxylation sites is 1. The van der Waals surface area contributed by atoms with Gasteiger partial charge in [-0.05, 0) is 43.4 Å². The lowest BCUT2D eigenvalue weighted by atomic mass is 10.2. The molecule has 0 saturated carbocycles. The highest BCUT2D eigenvalue weighted by molar-refractivity contribution is 7.98. The van der Waals surface area contributed by atoms with Crippen molar-refractivity contribution in [3.8, 4) is 10.7 Å². The number of carbonyl (C=O) groups excluding carboxylic acids is 2. The topological polar surface area (TPSA) is 159 Å². The van der Waals surface area contributed by atoms with Crippen molar-refractivity contribution in [1.82, 2.24) is 25.3 Å². The Morgan fingerprint density at radius 2 is 1.95 bits per heavy atom. The molecule has 0 aliphatic heterocycles. The molecule has 3 aromatic rings. The van der Waals surface area contributed by atoms with Gasteiger partial charge in [0.25, 0.3) is 11.6 Å². The molecule has 0 bridgehead atoms. The van der Waals surface area contributed by atoms with Crippen LogP contribution in [0.1, 0.15) is 28.8 Å². The van der Waals surface area contributed by atoms with Crippen LogP contribution in [-0.4, -0.2) is 69.1 Å². The monoisotopic (exact) mass is 596 g/mol. The van der Waals surface area contributed by atoms with Crippen LogP contribution in [0.15, 0.2) is 39.9 Å². The number of carbonyl (C=O) groups is 2. The van der Waals surface area contributed by atoms with Crippen molar-refractivity contribution in [2.24, 2.45) is 0 Å². The van der Waals surface area contributed by atoms with Crippen molar-refractivity contribution in [2.45, 2.75) is 36.8 Å². The summed E-state index contributed by atoms with van der Waals surface area (Å²) in [5, 5.41) is 31.9. The molecule has 11 nitrogen and oxygen atoms in total. The average Bonchev–Trinajstić information content (AvgIpc) is 3.57. The lowest BCUT2D eigenvalue weighted by Gasteiger charge is -2.20. The van der Waals surface area contributed by atoms with Crippen molar-refractivity contribution < 1.29 is 19.6 Å². The number of amides is 2. The molecule has 38 heavy (non-hydrogen) atoms. The van der Waals surface area contributed by atoms with Crippen LogP contribution in [0.5, 0.6) is 0 Å². The number of aliphatic hydroxyl groups excluding tert-OH is 1. The van der Waals surface area contributed by atoms with E-state index in [0.29, 0.717) is 34.3 Å². The predicted octanol–water partition coefficient (Wildman–Crippen LogP) is 3.36. The standard InChI is InChI=1S/C23H28N6O5S4/c1-14(30)20(28-38-18-7-4-3-6-17(18)29(33)34)22(32)25-10-8-19-26-16(13-36-19)23-27-15(12-37-23)21(31)24-9-5-11-35-2/h3-4,6-7,12-14,20,28,30H,5,8-11H2,1-2H3,(H,24,31)(H,25,32)/t14-,20+/m1/s1. The number of hydrogen-bond acceptors (Lipinski definition) is 12. The summed E-state index contributed by atoms with van der Waals surface area (Å²) in [7, 11) is 0. The number of benzene rings is 1. The maximum atomic E-state index is 12.7. The van der Waals surface area contributed by atoms with Crippen LogP contribution in [0, 0.1) is 10.1 Å². The number of hydrogen-bond donors (Lipinski definition) is 4. The van der Waals surface area contributed by atoms with E-state index in [9.17, 15) is 24.8 Å². The summed E-state index contributed by atoms with van der Waals surface area (Å²) in [4.78, 5) is 44.9. The molecule has 15 heteroatoms. The lowest BCUT2D eigenvalue weighted by molar-refractivity contribution is -0.387. The first kappa shape index (κ1) is 30.0. The van der Waals surface area contributed by atoms with E-state index >= 15 is 0 Å². The van der Waals surface area contributed by atoms with Gasteiger partial charge in [0.2, 0.25) is 5.91 Å². The second-order valence-electron chi connectivity index (χ2n) is 7.97. The van der Waals surface area contributed by atoms with E-state index in [1.165, 1.54) is 35.7 Å². The normalized spacial score (nSPS) is 12.6. The fourth-order valence-corrected chi connectivity index (χ4v) is 6.13. The molecule has 0 aliphatic carbocycles.